The Kier molecular flexibility index (Phi) is 4.80. The van der Waals surface area contributed by atoms with Crippen LogP contribution in [0, 0.1) is 25.5 Å². The molecular weight excluding hydrogens is 296 g/mol. The van der Waals surface area contributed by atoms with Crippen LogP contribution < -0.4 is 10.5 Å². The minimum Gasteiger partial charge on any atom is -0.451 e. The molecule has 112 valence electrons. The molecule has 0 aliphatic heterocycles. The average Bonchev–Trinajstić information content (AvgIpc) is 2.36. The molecule has 0 aromatic heterocycles. The Morgan fingerprint density at radius 1 is 1.00 bits per heavy atom. The molecule has 0 amide bonds. The van der Waals surface area contributed by atoms with E-state index in [1.165, 1.54) is 12.1 Å². The van der Waals surface area contributed by atoms with Gasteiger partial charge in [-0.2, -0.15) is 0 Å². The maximum absolute atomic E-state index is 14.0. The summed E-state index contributed by atoms with van der Waals surface area (Å²) in [6.07, 6.45) is 0.410. The first-order chi connectivity index (χ1) is 9.92. The van der Waals surface area contributed by atoms with Crippen LogP contribution in [-0.2, 0) is 6.42 Å². The summed E-state index contributed by atoms with van der Waals surface area (Å²) in [6.45, 7) is 3.87. The smallest absolute Gasteiger partial charge is 0.198 e. The molecule has 5 heteroatoms. The summed E-state index contributed by atoms with van der Waals surface area (Å²) in [6, 6.07) is 5.85. The molecule has 2 aromatic carbocycles. The summed E-state index contributed by atoms with van der Waals surface area (Å²) >= 11 is 5.93. The largest absolute Gasteiger partial charge is 0.451 e. The highest BCUT2D eigenvalue weighted by Gasteiger charge is 2.16. The molecule has 0 bridgehead atoms. The number of hydrogen-bond acceptors (Lipinski definition) is 2. The molecule has 0 aliphatic rings. The molecule has 0 saturated carbocycles. The molecule has 0 atom stereocenters. The second kappa shape index (κ2) is 6.41. The molecule has 0 heterocycles. The summed E-state index contributed by atoms with van der Waals surface area (Å²) in [4.78, 5) is 0. The van der Waals surface area contributed by atoms with Crippen molar-refractivity contribution in [1.82, 2.24) is 0 Å². The van der Waals surface area contributed by atoms with Gasteiger partial charge in [0.15, 0.2) is 17.4 Å². The van der Waals surface area contributed by atoms with Crippen LogP contribution in [0.5, 0.6) is 11.5 Å². The van der Waals surface area contributed by atoms with Crippen LogP contribution in [0.1, 0.15) is 16.7 Å². The number of benzene rings is 2. The van der Waals surface area contributed by atoms with Crippen LogP contribution in [0.25, 0.3) is 0 Å². The van der Waals surface area contributed by atoms with Gasteiger partial charge in [-0.3, -0.25) is 0 Å². The van der Waals surface area contributed by atoms with E-state index in [1.54, 1.807) is 26.0 Å². The van der Waals surface area contributed by atoms with Crippen molar-refractivity contribution >= 4 is 11.6 Å². The van der Waals surface area contributed by atoms with Gasteiger partial charge in [-0.15, -0.1) is 0 Å². The highest BCUT2D eigenvalue weighted by atomic mass is 35.5. The summed E-state index contributed by atoms with van der Waals surface area (Å²) in [5.41, 5.74) is 7.32. The molecule has 0 aliphatic carbocycles. The van der Waals surface area contributed by atoms with Crippen LogP contribution in [0.15, 0.2) is 24.3 Å². The quantitative estimate of drug-likeness (QED) is 0.900. The molecule has 2 aromatic rings. The van der Waals surface area contributed by atoms with Gasteiger partial charge >= 0.3 is 0 Å². The lowest BCUT2D eigenvalue weighted by Crippen LogP contribution is -2.04. The lowest BCUT2D eigenvalue weighted by molar-refractivity contribution is 0.402. The molecule has 2 N–H and O–H groups in total. The van der Waals surface area contributed by atoms with E-state index in [0.717, 1.165) is 0 Å². The fraction of sp³-hybridized carbons (Fsp3) is 0.250. The summed E-state index contributed by atoms with van der Waals surface area (Å²) in [7, 11) is 0. The zero-order chi connectivity index (χ0) is 15.6. The van der Waals surface area contributed by atoms with Crippen molar-refractivity contribution in [2.24, 2.45) is 5.73 Å². The second-order valence-electron chi connectivity index (χ2n) is 4.90. The van der Waals surface area contributed by atoms with Crippen LogP contribution in [0.4, 0.5) is 8.78 Å². The third kappa shape index (κ3) is 3.52. The van der Waals surface area contributed by atoms with Gasteiger partial charge in [0.25, 0.3) is 0 Å². The lowest BCUT2D eigenvalue weighted by atomic mass is 10.1. The monoisotopic (exact) mass is 311 g/mol. The van der Waals surface area contributed by atoms with E-state index in [2.05, 4.69) is 0 Å². The molecule has 0 unspecified atom stereocenters. The minimum atomic E-state index is -0.743. The van der Waals surface area contributed by atoms with Crippen molar-refractivity contribution in [1.29, 1.82) is 0 Å². The summed E-state index contributed by atoms with van der Waals surface area (Å²) < 4.78 is 33.5. The first-order valence-corrected chi connectivity index (χ1v) is 6.92. The zero-order valence-electron chi connectivity index (χ0n) is 11.8. The number of ether oxygens (including phenoxy) is 1. The number of halogens is 3. The Labute approximate surface area is 127 Å². The molecule has 0 saturated heterocycles. The van der Waals surface area contributed by atoms with E-state index >= 15 is 0 Å². The minimum absolute atomic E-state index is 0.328. The first-order valence-electron chi connectivity index (χ1n) is 6.55. The second-order valence-corrected chi connectivity index (χ2v) is 5.33. The Bertz CT molecular complexity index is 627. The van der Waals surface area contributed by atoms with Crippen molar-refractivity contribution in [2.75, 3.05) is 6.54 Å². The predicted octanol–water partition coefficient (Wildman–Crippen LogP) is 4.53. The maximum Gasteiger partial charge on any atom is 0.198 e. The SMILES string of the molecule is Cc1cc(Cl)cc(C)c1Oc1c(F)cc(CCN)cc1F. The van der Waals surface area contributed by atoms with Gasteiger partial charge in [0.2, 0.25) is 0 Å². The van der Waals surface area contributed by atoms with Crippen molar-refractivity contribution < 1.29 is 13.5 Å². The molecule has 2 rings (SSSR count). The fourth-order valence-corrected chi connectivity index (χ4v) is 2.51. The normalized spacial score (nSPS) is 10.8. The van der Waals surface area contributed by atoms with Gasteiger partial charge in [-0.1, -0.05) is 11.6 Å². The van der Waals surface area contributed by atoms with E-state index in [9.17, 15) is 8.78 Å². The topological polar surface area (TPSA) is 35.2 Å². The van der Waals surface area contributed by atoms with Crippen LogP contribution in [-0.4, -0.2) is 6.54 Å². The number of rotatable bonds is 4. The van der Waals surface area contributed by atoms with Gasteiger partial charge in [0.05, 0.1) is 0 Å². The summed E-state index contributed by atoms with van der Waals surface area (Å²) in [5, 5.41) is 0.552. The number of aryl methyl sites for hydroxylation is 2. The van der Waals surface area contributed by atoms with E-state index in [-0.39, 0.29) is 0 Å². The molecular formula is C16H16ClF2NO. The van der Waals surface area contributed by atoms with Crippen molar-refractivity contribution in [3.63, 3.8) is 0 Å². The van der Waals surface area contributed by atoms with Crippen LogP contribution in [0.2, 0.25) is 5.02 Å². The first kappa shape index (κ1) is 15.7. The highest BCUT2D eigenvalue weighted by molar-refractivity contribution is 6.30. The van der Waals surface area contributed by atoms with E-state index in [1.807, 2.05) is 0 Å². The number of nitrogens with two attached hydrogens (primary N) is 1. The van der Waals surface area contributed by atoms with E-state index < -0.39 is 17.4 Å². The number of hydrogen-bond donors (Lipinski definition) is 1. The van der Waals surface area contributed by atoms with Crippen molar-refractivity contribution in [3.8, 4) is 11.5 Å². The van der Waals surface area contributed by atoms with Crippen LogP contribution in [0.3, 0.4) is 0 Å². The highest BCUT2D eigenvalue weighted by Crippen LogP contribution is 2.34. The van der Waals surface area contributed by atoms with E-state index in [0.29, 0.717) is 40.4 Å². The van der Waals surface area contributed by atoms with E-state index in [4.69, 9.17) is 22.1 Å². The third-order valence-electron chi connectivity index (χ3n) is 3.12. The Morgan fingerprint density at radius 3 is 2.00 bits per heavy atom. The van der Waals surface area contributed by atoms with Crippen LogP contribution >= 0.6 is 11.6 Å². The Morgan fingerprint density at radius 2 is 1.52 bits per heavy atom. The average molecular weight is 312 g/mol. The Balaban J connectivity index is 2.41. The molecule has 0 spiro atoms. The van der Waals surface area contributed by atoms with Crippen molar-refractivity contribution in [2.45, 2.75) is 20.3 Å². The maximum atomic E-state index is 14.0. The molecule has 2 nitrogen and oxygen atoms in total. The molecule has 0 fully saturated rings. The molecule has 0 radical (unpaired) electrons. The predicted molar refractivity (Wildman–Crippen MR) is 80.1 cm³/mol. The van der Waals surface area contributed by atoms with Gasteiger partial charge in [0, 0.05) is 5.02 Å². The van der Waals surface area contributed by atoms with Gasteiger partial charge in [0.1, 0.15) is 5.75 Å². The fourth-order valence-electron chi connectivity index (χ4n) is 2.18. The van der Waals surface area contributed by atoms with Gasteiger partial charge in [-0.05, 0) is 67.8 Å². The van der Waals surface area contributed by atoms with Crippen molar-refractivity contribution in [3.05, 3.63) is 57.6 Å². The van der Waals surface area contributed by atoms with Gasteiger partial charge in [-0.25, -0.2) is 8.78 Å². The third-order valence-corrected chi connectivity index (χ3v) is 3.34. The standard InChI is InChI=1S/C16H16ClF2NO/c1-9-5-12(17)6-10(2)15(9)21-16-13(18)7-11(3-4-20)8-14(16)19/h5-8H,3-4,20H2,1-2H3. The lowest BCUT2D eigenvalue weighted by Gasteiger charge is -2.14. The van der Waals surface area contributed by atoms with Gasteiger partial charge < -0.3 is 10.5 Å². The zero-order valence-corrected chi connectivity index (χ0v) is 12.6. The summed E-state index contributed by atoms with van der Waals surface area (Å²) in [5.74, 6) is -1.49. The Hall–Kier alpha value is -1.65. The molecule has 21 heavy (non-hydrogen) atoms.